The van der Waals surface area contributed by atoms with Crippen molar-refractivity contribution in [2.45, 2.75) is 24.6 Å². The molecule has 4 heteroatoms. The second kappa shape index (κ2) is 4.85. The van der Waals surface area contributed by atoms with Crippen LogP contribution in [0.3, 0.4) is 0 Å². The molecule has 2 aromatic rings. The van der Waals surface area contributed by atoms with Crippen LogP contribution in [0.15, 0.2) is 42.5 Å². The first-order valence-corrected chi connectivity index (χ1v) is 7.18. The standard InChI is InChI=1S/C17H15ClFNO/c1-17(2)13-9-11(5-8-14(13)20-16(17)21)15(18)10-3-6-12(19)7-4-10/h3-9,15H,1-2H3,(H,20,21). The van der Waals surface area contributed by atoms with Crippen LogP contribution in [0, 0.1) is 5.82 Å². The molecule has 2 nitrogen and oxygen atoms in total. The summed E-state index contributed by atoms with van der Waals surface area (Å²) in [5.41, 5.74) is 2.93. The summed E-state index contributed by atoms with van der Waals surface area (Å²) < 4.78 is 13.0. The van der Waals surface area contributed by atoms with Gasteiger partial charge in [-0.1, -0.05) is 24.3 Å². The highest BCUT2D eigenvalue weighted by atomic mass is 35.5. The Morgan fingerprint density at radius 2 is 1.71 bits per heavy atom. The number of hydrogen-bond donors (Lipinski definition) is 1. The largest absolute Gasteiger partial charge is 0.325 e. The van der Waals surface area contributed by atoms with Crippen LogP contribution in [0.5, 0.6) is 0 Å². The van der Waals surface area contributed by atoms with E-state index >= 15 is 0 Å². The summed E-state index contributed by atoms with van der Waals surface area (Å²) in [7, 11) is 0. The quantitative estimate of drug-likeness (QED) is 0.819. The van der Waals surface area contributed by atoms with Gasteiger partial charge in [-0.3, -0.25) is 4.79 Å². The van der Waals surface area contributed by atoms with Crippen molar-refractivity contribution >= 4 is 23.2 Å². The Kier molecular flexibility index (Phi) is 3.25. The fourth-order valence-corrected chi connectivity index (χ4v) is 2.85. The van der Waals surface area contributed by atoms with Crippen molar-refractivity contribution in [3.8, 4) is 0 Å². The Morgan fingerprint density at radius 3 is 2.38 bits per heavy atom. The summed E-state index contributed by atoms with van der Waals surface area (Å²) in [5.74, 6) is -0.296. The van der Waals surface area contributed by atoms with Crippen molar-refractivity contribution in [2.75, 3.05) is 5.32 Å². The van der Waals surface area contributed by atoms with Gasteiger partial charge in [-0.15, -0.1) is 11.6 Å². The summed E-state index contributed by atoms with van der Waals surface area (Å²) in [5, 5.41) is 2.50. The van der Waals surface area contributed by atoms with E-state index in [1.54, 1.807) is 12.1 Å². The number of hydrogen-bond acceptors (Lipinski definition) is 1. The fraction of sp³-hybridized carbons (Fsp3) is 0.235. The van der Waals surface area contributed by atoms with Crippen molar-refractivity contribution in [3.05, 3.63) is 65.0 Å². The normalized spacial score (nSPS) is 17.2. The van der Waals surface area contributed by atoms with Gasteiger partial charge in [0.1, 0.15) is 5.82 Å². The highest BCUT2D eigenvalue weighted by molar-refractivity contribution is 6.22. The van der Waals surface area contributed by atoms with Gasteiger partial charge in [-0.25, -0.2) is 4.39 Å². The third-order valence-corrected chi connectivity index (χ3v) is 4.49. The number of fused-ring (bicyclic) bond motifs is 1. The zero-order chi connectivity index (χ0) is 15.2. The van der Waals surface area contributed by atoms with Crippen molar-refractivity contribution in [1.29, 1.82) is 0 Å². The molecule has 1 aliphatic rings. The summed E-state index contributed by atoms with van der Waals surface area (Å²) in [6.07, 6.45) is 0. The first-order chi connectivity index (χ1) is 9.89. The number of amides is 1. The minimum Gasteiger partial charge on any atom is -0.325 e. The molecule has 21 heavy (non-hydrogen) atoms. The number of rotatable bonds is 2. The van der Waals surface area contributed by atoms with Gasteiger partial charge in [0, 0.05) is 5.69 Å². The minimum absolute atomic E-state index is 0.0115. The van der Waals surface area contributed by atoms with Crippen molar-refractivity contribution in [3.63, 3.8) is 0 Å². The van der Waals surface area contributed by atoms with Gasteiger partial charge in [-0.2, -0.15) is 0 Å². The van der Waals surface area contributed by atoms with E-state index in [1.807, 2.05) is 32.0 Å². The predicted octanol–water partition coefficient (Wildman–Crippen LogP) is 4.38. The van der Waals surface area contributed by atoms with Crippen LogP contribution in [0.2, 0.25) is 0 Å². The molecule has 108 valence electrons. The third kappa shape index (κ3) is 2.32. The Hall–Kier alpha value is -1.87. The Labute approximate surface area is 127 Å². The third-order valence-electron chi connectivity index (χ3n) is 3.99. The van der Waals surface area contributed by atoms with E-state index in [2.05, 4.69) is 5.32 Å². The molecule has 0 saturated heterocycles. The molecule has 1 amide bonds. The molecule has 0 spiro atoms. The fourth-order valence-electron chi connectivity index (χ4n) is 2.57. The monoisotopic (exact) mass is 303 g/mol. The molecule has 3 rings (SSSR count). The molecular weight excluding hydrogens is 289 g/mol. The Bertz CT molecular complexity index is 709. The predicted molar refractivity (Wildman–Crippen MR) is 82.2 cm³/mol. The minimum atomic E-state index is -0.565. The molecule has 1 N–H and O–H groups in total. The van der Waals surface area contributed by atoms with Crippen LogP contribution in [0.25, 0.3) is 0 Å². The Balaban J connectivity index is 2.00. The zero-order valence-corrected chi connectivity index (χ0v) is 12.5. The molecule has 1 aliphatic heterocycles. The van der Waals surface area contributed by atoms with Crippen LogP contribution in [0.4, 0.5) is 10.1 Å². The zero-order valence-electron chi connectivity index (χ0n) is 11.8. The van der Waals surface area contributed by atoms with Gasteiger partial charge in [0.15, 0.2) is 0 Å². The van der Waals surface area contributed by atoms with E-state index < -0.39 is 5.41 Å². The van der Waals surface area contributed by atoms with Gasteiger partial charge in [0.05, 0.1) is 10.8 Å². The van der Waals surface area contributed by atoms with Gasteiger partial charge < -0.3 is 5.32 Å². The molecule has 2 aromatic carbocycles. The lowest BCUT2D eigenvalue weighted by atomic mass is 9.85. The number of carbonyl (C=O) groups is 1. The molecule has 1 heterocycles. The SMILES string of the molecule is CC1(C)C(=O)Nc2ccc(C(Cl)c3ccc(F)cc3)cc21. The maximum absolute atomic E-state index is 13.0. The van der Waals surface area contributed by atoms with Crippen molar-refractivity contribution < 1.29 is 9.18 Å². The first kappa shape index (κ1) is 14.1. The number of alkyl halides is 1. The van der Waals surface area contributed by atoms with Crippen LogP contribution in [-0.4, -0.2) is 5.91 Å². The molecule has 0 saturated carbocycles. The van der Waals surface area contributed by atoms with E-state index in [4.69, 9.17) is 11.6 Å². The molecule has 0 aliphatic carbocycles. The Morgan fingerprint density at radius 1 is 1.10 bits per heavy atom. The van der Waals surface area contributed by atoms with Gasteiger partial charge in [0.25, 0.3) is 0 Å². The second-order valence-corrected chi connectivity index (χ2v) is 6.23. The number of halogens is 2. The highest BCUT2D eigenvalue weighted by Gasteiger charge is 2.38. The number of anilines is 1. The lowest BCUT2D eigenvalue weighted by Crippen LogP contribution is -2.26. The topological polar surface area (TPSA) is 29.1 Å². The van der Waals surface area contributed by atoms with Gasteiger partial charge in [0.2, 0.25) is 5.91 Å². The van der Waals surface area contributed by atoms with Crippen LogP contribution in [0.1, 0.15) is 35.9 Å². The van der Waals surface area contributed by atoms with E-state index in [9.17, 15) is 9.18 Å². The van der Waals surface area contributed by atoms with Crippen molar-refractivity contribution in [2.24, 2.45) is 0 Å². The lowest BCUT2D eigenvalue weighted by molar-refractivity contribution is -0.119. The van der Waals surface area contributed by atoms with Crippen LogP contribution >= 0.6 is 11.6 Å². The molecule has 0 radical (unpaired) electrons. The average molecular weight is 304 g/mol. The maximum atomic E-state index is 13.0. The first-order valence-electron chi connectivity index (χ1n) is 6.75. The highest BCUT2D eigenvalue weighted by Crippen LogP contribution is 2.40. The van der Waals surface area contributed by atoms with Crippen molar-refractivity contribution in [1.82, 2.24) is 0 Å². The van der Waals surface area contributed by atoms with E-state index in [0.29, 0.717) is 0 Å². The summed E-state index contributed by atoms with van der Waals surface area (Å²) in [6, 6.07) is 11.9. The lowest BCUT2D eigenvalue weighted by Gasteiger charge is -2.17. The van der Waals surface area contributed by atoms with E-state index in [0.717, 1.165) is 22.4 Å². The van der Waals surface area contributed by atoms with Crippen LogP contribution in [-0.2, 0) is 10.2 Å². The molecule has 0 bridgehead atoms. The summed E-state index contributed by atoms with van der Waals surface area (Å²) in [6.45, 7) is 3.78. The maximum Gasteiger partial charge on any atom is 0.234 e. The molecule has 0 fully saturated rings. The molecule has 1 unspecified atom stereocenters. The second-order valence-electron chi connectivity index (χ2n) is 5.80. The summed E-state index contributed by atoms with van der Waals surface area (Å²) in [4.78, 5) is 12.0. The number of nitrogens with one attached hydrogen (secondary N) is 1. The van der Waals surface area contributed by atoms with Gasteiger partial charge >= 0.3 is 0 Å². The number of benzene rings is 2. The smallest absolute Gasteiger partial charge is 0.234 e. The molecule has 0 aromatic heterocycles. The molecule has 1 atom stereocenters. The van der Waals surface area contributed by atoms with E-state index in [1.165, 1.54) is 12.1 Å². The summed E-state index contributed by atoms with van der Waals surface area (Å²) >= 11 is 6.49. The van der Waals surface area contributed by atoms with Crippen LogP contribution < -0.4 is 5.32 Å². The number of carbonyl (C=O) groups excluding carboxylic acids is 1. The van der Waals surface area contributed by atoms with Gasteiger partial charge in [-0.05, 0) is 48.7 Å². The average Bonchev–Trinajstić information content (AvgIpc) is 2.69. The van der Waals surface area contributed by atoms with E-state index in [-0.39, 0.29) is 17.1 Å². The molecular formula is C17H15ClFNO.